The summed E-state index contributed by atoms with van der Waals surface area (Å²) in [6.45, 7) is 1.19. The van der Waals surface area contributed by atoms with Crippen molar-refractivity contribution in [2.24, 2.45) is 0 Å². The highest BCUT2D eigenvalue weighted by atomic mass is 19.1. The molecule has 0 unspecified atom stereocenters. The number of likely N-dealkylation sites (tertiary alicyclic amines) is 1. The molecule has 1 heterocycles. The highest BCUT2D eigenvalue weighted by molar-refractivity contribution is 5.77. The van der Waals surface area contributed by atoms with Crippen LogP contribution in [0.5, 0.6) is 0 Å². The fourth-order valence-corrected chi connectivity index (χ4v) is 2.62. The number of amides is 1. The third kappa shape index (κ3) is 3.53. The molecular weight excluding hydrogens is 245 g/mol. The molecule has 19 heavy (non-hydrogen) atoms. The van der Waals surface area contributed by atoms with E-state index in [9.17, 15) is 9.18 Å². The first kappa shape index (κ1) is 14.0. The summed E-state index contributed by atoms with van der Waals surface area (Å²) in [5, 5.41) is 0. The van der Waals surface area contributed by atoms with E-state index in [1.54, 1.807) is 13.2 Å². The van der Waals surface area contributed by atoms with Crippen molar-refractivity contribution in [3.63, 3.8) is 0 Å². The Morgan fingerprint density at radius 2 is 2.32 bits per heavy atom. The summed E-state index contributed by atoms with van der Waals surface area (Å²) in [4.78, 5) is 14.1. The number of piperidine rings is 1. The lowest BCUT2D eigenvalue weighted by molar-refractivity contribution is -0.136. The van der Waals surface area contributed by atoms with Crippen LogP contribution in [0.4, 0.5) is 4.39 Å². The standard InChI is InChI=1S/C15H20FNO2/c1-19-10-8-15(18)17-9-3-2-7-14(17)12-5-4-6-13(16)11-12/h4-6,11,14H,2-3,7-10H2,1H3/t14-/m1/s1. The van der Waals surface area contributed by atoms with Crippen LogP contribution in [0.3, 0.4) is 0 Å². The molecule has 1 aliphatic rings. The van der Waals surface area contributed by atoms with Crippen LogP contribution in [-0.2, 0) is 9.53 Å². The Hall–Kier alpha value is -1.42. The first-order valence-electron chi connectivity index (χ1n) is 6.76. The SMILES string of the molecule is COCCC(=O)N1CCCC[C@@H]1c1cccc(F)c1. The second kappa shape index (κ2) is 6.66. The molecule has 2 rings (SSSR count). The molecule has 0 aromatic heterocycles. The molecule has 0 saturated carbocycles. The van der Waals surface area contributed by atoms with Crippen LogP contribution in [-0.4, -0.2) is 31.1 Å². The molecule has 104 valence electrons. The van der Waals surface area contributed by atoms with Crippen LogP contribution in [0.25, 0.3) is 0 Å². The Kier molecular flexibility index (Phi) is 4.91. The zero-order valence-corrected chi connectivity index (χ0v) is 11.3. The number of ether oxygens (including phenoxy) is 1. The molecule has 1 aliphatic heterocycles. The maximum absolute atomic E-state index is 13.3. The second-order valence-electron chi connectivity index (χ2n) is 4.90. The third-order valence-electron chi connectivity index (χ3n) is 3.58. The number of benzene rings is 1. The van der Waals surface area contributed by atoms with E-state index in [0.717, 1.165) is 31.4 Å². The van der Waals surface area contributed by atoms with Crippen molar-refractivity contribution in [3.8, 4) is 0 Å². The van der Waals surface area contributed by atoms with Gasteiger partial charge in [-0.2, -0.15) is 0 Å². The summed E-state index contributed by atoms with van der Waals surface area (Å²) >= 11 is 0. The van der Waals surface area contributed by atoms with Gasteiger partial charge in [0, 0.05) is 13.7 Å². The topological polar surface area (TPSA) is 29.5 Å². The summed E-state index contributed by atoms with van der Waals surface area (Å²) in [7, 11) is 1.59. The third-order valence-corrected chi connectivity index (χ3v) is 3.58. The maximum atomic E-state index is 13.3. The van der Waals surface area contributed by atoms with Crippen LogP contribution in [0.15, 0.2) is 24.3 Å². The van der Waals surface area contributed by atoms with Crippen LogP contribution in [0.2, 0.25) is 0 Å². The van der Waals surface area contributed by atoms with Crippen LogP contribution in [0.1, 0.15) is 37.3 Å². The van der Waals surface area contributed by atoms with E-state index in [0.29, 0.717) is 13.0 Å². The molecule has 0 radical (unpaired) electrons. The van der Waals surface area contributed by atoms with Gasteiger partial charge in [-0.3, -0.25) is 4.79 Å². The zero-order valence-electron chi connectivity index (χ0n) is 11.3. The first-order chi connectivity index (χ1) is 9.22. The molecule has 0 bridgehead atoms. The fourth-order valence-electron chi connectivity index (χ4n) is 2.62. The molecule has 1 amide bonds. The van der Waals surface area contributed by atoms with E-state index in [4.69, 9.17) is 4.74 Å². The highest BCUT2D eigenvalue weighted by Gasteiger charge is 2.27. The van der Waals surface area contributed by atoms with Gasteiger partial charge in [-0.05, 0) is 37.0 Å². The molecule has 0 spiro atoms. The smallest absolute Gasteiger partial charge is 0.225 e. The number of methoxy groups -OCH3 is 1. The molecule has 1 atom stereocenters. The summed E-state index contributed by atoms with van der Waals surface area (Å²) in [5.41, 5.74) is 0.894. The largest absolute Gasteiger partial charge is 0.384 e. The molecule has 3 nitrogen and oxygen atoms in total. The predicted octanol–water partition coefficient (Wildman–Crippen LogP) is 2.92. The van der Waals surface area contributed by atoms with Crippen molar-refractivity contribution in [3.05, 3.63) is 35.6 Å². The van der Waals surface area contributed by atoms with Gasteiger partial charge in [-0.15, -0.1) is 0 Å². The van der Waals surface area contributed by atoms with Gasteiger partial charge in [0.2, 0.25) is 5.91 Å². The van der Waals surface area contributed by atoms with Gasteiger partial charge in [0.1, 0.15) is 5.82 Å². The molecule has 1 aromatic carbocycles. The molecule has 1 aromatic rings. The van der Waals surface area contributed by atoms with Gasteiger partial charge in [0.15, 0.2) is 0 Å². The molecule has 4 heteroatoms. The number of hydrogen-bond acceptors (Lipinski definition) is 2. The molecule has 0 N–H and O–H groups in total. The number of halogens is 1. The lowest BCUT2D eigenvalue weighted by atomic mass is 9.95. The first-order valence-corrected chi connectivity index (χ1v) is 6.76. The summed E-state index contributed by atoms with van der Waals surface area (Å²) in [6.07, 6.45) is 3.39. The Labute approximate surface area is 113 Å². The average Bonchev–Trinajstić information content (AvgIpc) is 2.45. The van der Waals surface area contributed by atoms with E-state index in [1.807, 2.05) is 11.0 Å². The number of nitrogens with zero attached hydrogens (tertiary/aromatic N) is 1. The van der Waals surface area contributed by atoms with Crippen LogP contribution < -0.4 is 0 Å². The Morgan fingerprint density at radius 1 is 1.47 bits per heavy atom. The summed E-state index contributed by atoms with van der Waals surface area (Å²) in [5.74, 6) is -0.150. The predicted molar refractivity (Wildman–Crippen MR) is 71.2 cm³/mol. The van der Waals surface area contributed by atoms with Gasteiger partial charge >= 0.3 is 0 Å². The van der Waals surface area contributed by atoms with E-state index < -0.39 is 0 Å². The van der Waals surface area contributed by atoms with E-state index in [-0.39, 0.29) is 17.8 Å². The Bertz CT molecular complexity index is 436. The molecule has 1 fully saturated rings. The number of rotatable bonds is 4. The Balaban J connectivity index is 2.13. The van der Waals surface area contributed by atoms with Gasteiger partial charge in [-0.25, -0.2) is 4.39 Å². The fraction of sp³-hybridized carbons (Fsp3) is 0.533. The minimum absolute atomic E-state index is 0.00815. The highest BCUT2D eigenvalue weighted by Crippen LogP contribution is 2.31. The second-order valence-corrected chi connectivity index (χ2v) is 4.90. The van der Waals surface area contributed by atoms with Crippen molar-refractivity contribution in [2.45, 2.75) is 31.7 Å². The van der Waals surface area contributed by atoms with Crippen molar-refractivity contribution in [2.75, 3.05) is 20.3 Å². The molecule has 1 saturated heterocycles. The number of hydrogen-bond donors (Lipinski definition) is 0. The molecule has 0 aliphatic carbocycles. The number of carbonyl (C=O) groups excluding carboxylic acids is 1. The minimum Gasteiger partial charge on any atom is -0.384 e. The maximum Gasteiger partial charge on any atom is 0.225 e. The van der Waals surface area contributed by atoms with Crippen molar-refractivity contribution in [1.29, 1.82) is 0 Å². The lowest BCUT2D eigenvalue weighted by Crippen LogP contribution is -2.38. The van der Waals surface area contributed by atoms with Crippen LogP contribution >= 0.6 is 0 Å². The minimum atomic E-state index is -0.243. The van der Waals surface area contributed by atoms with E-state index >= 15 is 0 Å². The Morgan fingerprint density at radius 3 is 3.05 bits per heavy atom. The van der Waals surface area contributed by atoms with E-state index in [2.05, 4.69) is 0 Å². The van der Waals surface area contributed by atoms with Crippen molar-refractivity contribution < 1.29 is 13.9 Å². The van der Waals surface area contributed by atoms with Crippen molar-refractivity contribution >= 4 is 5.91 Å². The number of carbonyl (C=O) groups is 1. The van der Waals surface area contributed by atoms with Gasteiger partial charge in [-0.1, -0.05) is 12.1 Å². The van der Waals surface area contributed by atoms with Gasteiger partial charge in [0.25, 0.3) is 0 Å². The summed E-state index contributed by atoms with van der Waals surface area (Å²) in [6, 6.07) is 6.58. The van der Waals surface area contributed by atoms with Gasteiger partial charge in [0.05, 0.1) is 19.1 Å². The molecular formula is C15H20FNO2. The van der Waals surface area contributed by atoms with E-state index in [1.165, 1.54) is 12.1 Å². The summed E-state index contributed by atoms with van der Waals surface area (Å²) < 4.78 is 18.3. The lowest BCUT2D eigenvalue weighted by Gasteiger charge is -2.36. The quantitative estimate of drug-likeness (QED) is 0.837. The van der Waals surface area contributed by atoms with Gasteiger partial charge < -0.3 is 9.64 Å². The van der Waals surface area contributed by atoms with Crippen LogP contribution in [0, 0.1) is 5.82 Å². The zero-order chi connectivity index (χ0) is 13.7. The average molecular weight is 265 g/mol. The normalized spacial score (nSPS) is 19.5. The van der Waals surface area contributed by atoms with Crippen molar-refractivity contribution in [1.82, 2.24) is 4.90 Å². The monoisotopic (exact) mass is 265 g/mol.